The molecule has 18 heavy (non-hydrogen) atoms. The minimum absolute atomic E-state index is 0.190. The Morgan fingerprint density at radius 3 is 2.83 bits per heavy atom. The maximum absolute atomic E-state index is 12.1. The van der Waals surface area contributed by atoms with Crippen LogP contribution in [0.15, 0.2) is 22.7 Å². The Labute approximate surface area is 115 Å². The predicted molar refractivity (Wildman–Crippen MR) is 73.4 cm³/mol. The van der Waals surface area contributed by atoms with E-state index in [2.05, 4.69) is 15.9 Å². The van der Waals surface area contributed by atoms with Gasteiger partial charge in [-0.05, 0) is 34.1 Å². The van der Waals surface area contributed by atoms with Crippen molar-refractivity contribution in [2.75, 3.05) is 33.0 Å². The van der Waals surface area contributed by atoms with E-state index in [0.29, 0.717) is 11.3 Å². The highest BCUT2D eigenvalue weighted by atomic mass is 79.9. The minimum atomic E-state index is -0.697. The molecule has 1 rings (SSSR count). The third-order valence-corrected chi connectivity index (χ3v) is 3.16. The van der Waals surface area contributed by atoms with E-state index in [9.17, 15) is 9.90 Å². The molecule has 0 spiro atoms. The number of carbonyl (C=O) groups excluding carboxylic acids is 1. The van der Waals surface area contributed by atoms with Crippen molar-refractivity contribution in [3.05, 3.63) is 28.2 Å². The van der Waals surface area contributed by atoms with Gasteiger partial charge in [0, 0.05) is 36.4 Å². The molecule has 0 aliphatic carbocycles. The van der Waals surface area contributed by atoms with E-state index in [4.69, 9.17) is 10.5 Å². The van der Waals surface area contributed by atoms with Crippen LogP contribution in [0.1, 0.15) is 10.4 Å². The fraction of sp³-hybridized carbons (Fsp3) is 0.417. The second-order valence-corrected chi connectivity index (χ2v) is 4.89. The molecule has 6 heteroatoms. The standard InChI is InChI=1S/C12H17BrN2O3/c1-15(6-9(16)7-18-2)12(17)8-3-4-10(13)11(14)5-8/h3-5,9,16H,6-7,14H2,1-2H3. The van der Waals surface area contributed by atoms with Crippen LogP contribution in [0, 0.1) is 0 Å². The number of rotatable bonds is 5. The summed E-state index contributed by atoms with van der Waals surface area (Å²) in [6.07, 6.45) is -0.697. The number of likely N-dealkylation sites (N-methyl/N-ethyl adjacent to an activating group) is 1. The molecule has 1 aromatic rings. The average Bonchev–Trinajstić information content (AvgIpc) is 2.32. The first-order valence-electron chi connectivity index (χ1n) is 5.43. The quantitative estimate of drug-likeness (QED) is 0.798. The van der Waals surface area contributed by atoms with Crippen LogP contribution in [-0.4, -0.2) is 49.3 Å². The number of nitrogen functional groups attached to an aromatic ring is 1. The smallest absolute Gasteiger partial charge is 0.253 e. The molecule has 0 saturated carbocycles. The van der Waals surface area contributed by atoms with Crippen LogP contribution in [0.3, 0.4) is 0 Å². The van der Waals surface area contributed by atoms with E-state index in [1.54, 1.807) is 25.2 Å². The first-order valence-corrected chi connectivity index (χ1v) is 6.22. The second-order valence-electron chi connectivity index (χ2n) is 4.03. The van der Waals surface area contributed by atoms with Gasteiger partial charge in [-0.3, -0.25) is 4.79 Å². The number of nitrogens with two attached hydrogens (primary N) is 1. The van der Waals surface area contributed by atoms with Crippen LogP contribution < -0.4 is 5.73 Å². The molecule has 1 aromatic carbocycles. The van der Waals surface area contributed by atoms with Gasteiger partial charge in [0.05, 0.1) is 12.7 Å². The molecule has 0 saturated heterocycles. The Kier molecular flexibility index (Phi) is 5.58. The zero-order valence-corrected chi connectivity index (χ0v) is 12.0. The molecule has 0 aliphatic heterocycles. The Morgan fingerprint density at radius 1 is 1.61 bits per heavy atom. The van der Waals surface area contributed by atoms with Gasteiger partial charge in [0.15, 0.2) is 0 Å². The predicted octanol–water partition coefficient (Wildman–Crippen LogP) is 1.11. The fourth-order valence-corrected chi connectivity index (χ4v) is 1.79. The van der Waals surface area contributed by atoms with Gasteiger partial charge < -0.3 is 20.5 Å². The van der Waals surface area contributed by atoms with Gasteiger partial charge in [-0.15, -0.1) is 0 Å². The number of halogens is 1. The number of benzene rings is 1. The molecule has 1 atom stereocenters. The number of hydrogen-bond acceptors (Lipinski definition) is 4. The molecule has 1 unspecified atom stereocenters. The number of amides is 1. The SMILES string of the molecule is COCC(O)CN(C)C(=O)c1ccc(Br)c(N)c1. The molecule has 0 heterocycles. The molecule has 0 aromatic heterocycles. The number of anilines is 1. The highest BCUT2D eigenvalue weighted by Gasteiger charge is 2.16. The number of ether oxygens (including phenoxy) is 1. The molecule has 5 nitrogen and oxygen atoms in total. The lowest BCUT2D eigenvalue weighted by Gasteiger charge is -2.20. The van der Waals surface area contributed by atoms with E-state index in [1.807, 2.05) is 0 Å². The largest absolute Gasteiger partial charge is 0.398 e. The zero-order chi connectivity index (χ0) is 13.7. The van der Waals surface area contributed by atoms with Crippen molar-refractivity contribution in [2.24, 2.45) is 0 Å². The van der Waals surface area contributed by atoms with Crippen LogP contribution in [0.2, 0.25) is 0 Å². The monoisotopic (exact) mass is 316 g/mol. The van der Waals surface area contributed by atoms with E-state index in [-0.39, 0.29) is 19.1 Å². The van der Waals surface area contributed by atoms with Crippen LogP contribution in [0.4, 0.5) is 5.69 Å². The van der Waals surface area contributed by atoms with E-state index in [0.717, 1.165) is 4.47 Å². The molecule has 0 aliphatic rings. The summed E-state index contributed by atoms with van der Waals surface area (Å²) in [6, 6.07) is 5.01. The molecule has 0 radical (unpaired) electrons. The Balaban J connectivity index is 2.71. The first-order chi connectivity index (χ1) is 8.45. The highest BCUT2D eigenvalue weighted by Crippen LogP contribution is 2.20. The molecule has 1 amide bonds. The summed E-state index contributed by atoms with van der Waals surface area (Å²) in [7, 11) is 3.12. The summed E-state index contributed by atoms with van der Waals surface area (Å²) < 4.78 is 5.56. The summed E-state index contributed by atoms with van der Waals surface area (Å²) in [4.78, 5) is 13.5. The lowest BCUT2D eigenvalue weighted by Crippen LogP contribution is -2.36. The van der Waals surface area contributed by atoms with Crippen molar-refractivity contribution in [1.82, 2.24) is 4.90 Å². The van der Waals surface area contributed by atoms with Crippen LogP contribution in [-0.2, 0) is 4.74 Å². The third-order valence-electron chi connectivity index (χ3n) is 2.43. The van der Waals surface area contributed by atoms with Crippen molar-refractivity contribution in [1.29, 1.82) is 0 Å². The van der Waals surface area contributed by atoms with Gasteiger partial charge in [0.1, 0.15) is 0 Å². The first kappa shape index (κ1) is 14.9. The lowest BCUT2D eigenvalue weighted by molar-refractivity contribution is 0.0380. The second kappa shape index (κ2) is 6.72. The van der Waals surface area contributed by atoms with Crippen molar-refractivity contribution in [2.45, 2.75) is 6.10 Å². The maximum Gasteiger partial charge on any atom is 0.253 e. The average molecular weight is 317 g/mol. The van der Waals surface area contributed by atoms with Gasteiger partial charge in [-0.25, -0.2) is 0 Å². The summed E-state index contributed by atoms with van der Waals surface area (Å²) in [6.45, 7) is 0.405. The van der Waals surface area contributed by atoms with Crippen LogP contribution in [0.25, 0.3) is 0 Å². The maximum atomic E-state index is 12.1. The number of aliphatic hydroxyl groups is 1. The van der Waals surface area contributed by atoms with Crippen molar-refractivity contribution in [3.63, 3.8) is 0 Å². The summed E-state index contributed by atoms with van der Waals surface area (Å²) >= 11 is 3.27. The number of methoxy groups -OCH3 is 1. The number of hydrogen-bond donors (Lipinski definition) is 2. The highest BCUT2D eigenvalue weighted by molar-refractivity contribution is 9.10. The number of nitrogens with zero attached hydrogens (tertiary/aromatic N) is 1. The van der Waals surface area contributed by atoms with Crippen molar-refractivity contribution in [3.8, 4) is 0 Å². The lowest BCUT2D eigenvalue weighted by atomic mass is 10.1. The number of aliphatic hydroxyl groups excluding tert-OH is 1. The van der Waals surface area contributed by atoms with Crippen molar-refractivity contribution < 1.29 is 14.6 Å². The van der Waals surface area contributed by atoms with Gasteiger partial charge >= 0.3 is 0 Å². The van der Waals surface area contributed by atoms with Crippen LogP contribution in [0.5, 0.6) is 0 Å². The van der Waals surface area contributed by atoms with Gasteiger partial charge in [0.2, 0.25) is 0 Å². The van der Waals surface area contributed by atoms with E-state index < -0.39 is 6.10 Å². The molecule has 0 bridgehead atoms. The molecular formula is C12H17BrN2O3. The Morgan fingerprint density at radius 2 is 2.28 bits per heavy atom. The third kappa shape index (κ3) is 3.97. The molecule has 100 valence electrons. The number of carbonyl (C=O) groups is 1. The Hall–Kier alpha value is -1.11. The van der Waals surface area contributed by atoms with Crippen molar-refractivity contribution >= 4 is 27.5 Å². The molecule has 3 N–H and O–H groups in total. The van der Waals surface area contributed by atoms with Gasteiger partial charge in [0.25, 0.3) is 5.91 Å². The van der Waals surface area contributed by atoms with Gasteiger partial charge in [-0.1, -0.05) is 0 Å². The van der Waals surface area contributed by atoms with Gasteiger partial charge in [-0.2, -0.15) is 0 Å². The molecule has 0 fully saturated rings. The topological polar surface area (TPSA) is 75.8 Å². The summed E-state index contributed by atoms with van der Waals surface area (Å²) in [5.74, 6) is -0.190. The normalized spacial score (nSPS) is 12.2. The fourth-order valence-electron chi connectivity index (χ4n) is 1.54. The minimum Gasteiger partial charge on any atom is -0.398 e. The summed E-state index contributed by atoms with van der Waals surface area (Å²) in [5, 5.41) is 9.56. The molecular weight excluding hydrogens is 300 g/mol. The Bertz CT molecular complexity index is 426. The van der Waals surface area contributed by atoms with E-state index in [1.165, 1.54) is 12.0 Å². The zero-order valence-electron chi connectivity index (χ0n) is 10.4. The van der Waals surface area contributed by atoms with Crippen LogP contribution >= 0.6 is 15.9 Å². The summed E-state index contributed by atoms with van der Waals surface area (Å²) in [5.41, 5.74) is 6.72. The van der Waals surface area contributed by atoms with E-state index >= 15 is 0 Å².